The lowest BCUT2D eigenvalue weighted by atomic mass is 10.1. The van der Waals surface area contributed by atoms with E-state index < -0.39 is 0 Å². The van der Waals surface area contributed by atoms with Crippen molar-refractivity contribution in [2.75, 3.05) is 26.2 Å². The van der Waals surface area contributed by atoms with Crippen LogP contribution < -0.4 is 0 Å². The highest BCUT2D eigenvalue weighted by Crippen LogP contribution is 2.22. The highest BCUT2D eigenvalue weighted by atomic mass is 16.2. The highest BCUT2D eigenvalue weighted by molar-refractivity contribution is 5.94. The molecule has 1 aromatic carbocycles. The van der Waals surface area contributed by atoms with Gasteiger partial charge in [0.2, 0.25) is 0 Å². The number of hydrogen-bond donors (Lipinski definition) is 0. The first-order valence-electron chi connectivity index (χ1n) is 7.31. The Labute approximate surface area is 119 Å². The number of nitrogens with zero attached hydrogens (tertiary/aromatic N) is 3. The van der Waals surface area contributed by atoms with E-state index in [9.17, 15) is 4.79 Å². The van der Waals surface area contributed by atoms with Crippen molar-refractivity contribution >= 4 is 5.91 Å². The molecule has 4 heteroatoms. The van der Waals surface area contributed by atoms with Crippen molar-refractivity contribution in [3.8, 4) is 6.07 Å². The zero-order valence-corrected chi connectivity index (χ0v) is 11.6. The normalized spacial score (nSPS) is 22.9. The van der Waals surface area contributed by atoms with Crippen LogP contribution in [0.2, 0.25) is 0 Å². The number of rotatable bonds is 1. The first-order chi connectivity index (χ1) is 9.78. The predicted molar refractivity (Wildman–Crippen MR) is 76.3 cm³/mol. The molecule has 2 aliphatic rings. The molecule has 0 spiro atoms. The number of carbonyl (C=O) groups is 1. The van der Waals surface area contributed by atoms with E-state index >= 15 is 0 Å². The number of benzene rings is 1. The van der Waals surface area contributed by atoms with E-state index in [1.807, 2.05) is 4.90 Å². The van der Waals surface area contributed by atoms with Crippen LogP contribution in [0, 0.1) is 11.3 Å². The molecule has 0 aromatic heterocycles. The third-order valence-corrected chi connectivity index (χ3v) is 4.33. The lowest BCUT2D eigenvalue weighted by Gasteiger charge is -2.25. The van der Waals surface area contributed by atoms with Gasteiger partial charge in [0, 0.05) is 31.2 Å². The zero-order chi connectivity index (χ0) is 13.9. The van der Waals surface area contributed by atoms with Gasteiger partial charge in [0.05, 0.1) is 11.6 Å². The summed E-state index contributed by atoms with van der Waals surface area (Å²) in [6, 6.07) is 9.64. The van der Waals surface area contributed by atoms with Crippen molar-refractivity contribution in [2.45, 2.75) is 25.3 Å². The quantitative estimate of drug-likeness (QED) is 0.782. The van der Waals surface area contributed by atoms with E-state index in [1.165, 1.54) is 19.4 Å². The fraction of sp³-hybridized carbons (Fsp3) is 0.500. The molecule has 0 N–H and O–H groups in total. The molecule has 1 amide bonds. The minimum absolute atomic E-state index is 0.0656. The maximum atomic E-state index is 12.6. The Balaban J connectivity index is 1.77. The molecule has 0 bridgehead atoms. The van der Waals surface area contributed by atoms with Crippen LogP contribution >= 0.6 is 0 Å². The summed E-state index contributed by atoms with van der Waals surface area (Å²) < 4.78 is 0. The van der Waals surface area contributed by atoms with Crippen LogP contribution in [0.15, 0.2) is 24.3 Å². The van der Waals surface area contributed by atoms with Gasteiger partial charge < -0.3 is 4.90 Å². The minimum Gasteiger partial charge on any atom is -0.337 e. The monoisotopic (exact) mass is 269 g/mol. The Kier molecular flexibility index (Phi) is 3.70. The van der Waals surface area contributed by atoms with Gasteiger partial charge in [0.25, 0.3) is 5.91 Å². The molecule has 0 aliphatic carbocycles. The second kappa shape index (κ2) is 5.64. The van der Waals surface area contributed by atoms with E-state index in [-0.39, 0.29) is 5.91 Å². The van der Waals surface area contributed by atoms with Gasteiger partial charge in [-0.15, -0.1) is 0 Å². The summed E-state index contributed by atoms with van der Waals surface area (Å²) in [5.41, 5.74) is 1.18. The maximum Gasteiger partial charge on any atom is 0.253 e. The van der Waals surface area contributed by atoms with Crippen molar-refractivity contribution in [1.82, 2.24) is 9.80 Å². The number of amides is 1. The molecule has 0 radical (unpaired) electrons. The lowest BCUT2D eigenvalue weighted by molar-refractivity contribution is 0.0743. The van der Waals surface area contributed by atoms with Gasteiger partial charge >= 0.3 is 0 Å². The molecule has 2 heterocycles. The van der Waals surface area contributed by atoms with Crippen molar-refractivity contribution in [1.29, 1.82) is 5.26 Å². The van der Waals surface area contributed by atoms with Crippen LogP contribution in [0.3, 0.4) is 0 Å². The molecule has 20 heavy (non-hydrogen) atoms. The minimum atomic E-state index is 0.0656. The Morgan fingerprint density at radius 1 is 1.25 bits per heavy atom. The smallest absolute Gasteiger partial charge is 0.253 e. The molecular weight excluding hydrogens is 250 g/mol. The van der Waals surface area contributed by atoms with E-state index in [4.69, 9.17) is 5.26 Å². The fourth-order valence-corrected chi connectivity index (χ4v) is 3.30. The van der Waals surface area contributed by atoms with E-state index in [2.05, 4.69) is 11.0 Å². The summed E-state index contributed by atoms with van der Waals surface area (Å²) >= 11 is 0. The first-order valence-corrected chi connectivity index (χ1v) is 7.31. The SMILES string of the molecule is N#Cc1cccc(C(=O)N2CCCN3CCCC3C2)c1. The third kappa shape index (κ3) is 2.54. The number of nitriles is 1. The molecule has 2 saturated heterocycles. The van der Waals surface area contributed by atoms with Gasteiger partial charge in [0.15, 0.2) is 0 Å². The van der Waals surface area contributed by atoms with Crippen LogP contribution in [0.1, 0.15) is 35.2 Å². The van der Waals surface area contributed by atoms with E-state index in [0.717, 1.165) is 26.1 Å². The van der Waals surface area contributed by atoms with Crippen LogP contribution in [0.4, 0.5) is 0 Å². The van der Waals surface area contributed by atoms with Gasteiger partial charge in [-0.05, 0) is 44.0 Å². The molecule has 1 unspecified atom stereocenters. The number of carbonyl (C=O) groups excluding carboxylic acids is 1. The standard InChI is InChI=1S/C16H19N3O/c17-11-13-4-1-5-14(10-13)16(20)19-9-3-8-18-7-2-6-15(18)12-19/h1,4-5,10,15H,2-3,6-9,12H2. The number of hydrogen-bond acceptors (Lipinski definition) is 3. The summed E-state index contributed by atoms with van der Waals surface area (Å²) in [5, 5.41) is 8.94. The number of fused-ring (bicyclic) bond motifs is 1. The van der Waals surface area contributed by atoms with E-state index in [0.29, 0.717) is 17.2 Å². The zero-order valence-electron chi connectivity index (χ0n) is 11.6. The second-order valence-electron chi connectivity index (χ2n) is 5.63. The Hall–Kier alpha value is -1.86. The Morgan fingerprint density at radius 2 is 2.10 bits per heavy atom. The van der Waals surface area contributed by atoms with Crippen LogP contribution in [-0.2, 0) is 0 Å². The second-order valence-corrected chi connectivity index (χ2v) is 5.63. The van der Waals surface area contributed by atoms with Crippen LogP contribution in [0.5, 0.6) is 0 Å². The molecule has 0 saturated carbocycles. The molecule has 3 rings (SSSR count). The summed E-state index contributed by atoms with van der Waals surface area (Å²) in [6.45, 7) is 3.93. The Morgan fingerprint density at radius 3 is 2.95 bits per heavy atom. The predicted octanol–water partition coefficient (Wildman–Crippen LogP) is 1.87. The van der Waals surface area contributed by atoms with Gasteiger partial charge in [-0.25, -0.2) is 0 Å². The summed E-state index contributed by atoms with van der Waals surface area (Å²) in [7, 11) is 0. The maximum absolute atomic E-state index is 12.6. The molecular formula is C16H19N3O. The summed E-state index contributed by atoms with van der Waals surface area (Å²) in [5.74, 6) is 0.0656. The lowest BCUT2D eigenvalue weighted by Crippen LogP contribution is -2.39. The first kappa shape index (κ1) is 13.1. The largest absolute Gasteiger partial charge is 0.337 e. The molecule has 4 nitrogen and oxygen atoms in total. The molecule has 2 fully saturated rings. The average Bonchev–Trinajstić information content (AvgIpc) is 2.83. The molecule has 2 aliphatic heterocycles. The van der Waals surface area contributed by atoms with Crippen molar-refractivity contribution in [2.24, 2.45) is 0 Å². The van der Waals surface area contributed by atoms with Gasteiger partial charge in [-0.2, -0.15) is 5.26 Å². The molecule has 104 valence electrons. The average molecular weight is 269 g/mol. The molecule has 1 atom stereocenters. The van der Waals surface area contributed by atoms with Crippen molar-refractivity contribution < 1.29 is 4.79 Å². The topological polar surface area (TPSA) is 47.3 Å². The van der Waals surface area contributed by atoms with Gasteiger partial charge in [-0.1, -0.05) is 6.07 Å². The van der Waals surface area contributed by atoms with Gasteiger partial charge in [-0.3, -0.25) is 9.69 Å². The summed E-state index contributed by atoms with van der Waals surface area (Å²) in [6.07, 6.45) is 3.48. The van der Waals surface area contributed by atoms with Crippen LogP contribution in [0.25, 0.3) is 0 Å². The Bertz CT molecular complexity index is 549. The van der Waals surface area contributed by atoms with Crippen molar-refractivity contribution in [3.63, 3.8) is 0 Å². The van der Waals surface area contributed by atoms with Crippen LogP contribution in [-0.4, -0.2) is 47.9 Å². The summed E-state index contributed by atoms with van der Waals surface area (Å²) in [4.78, 5) is 17.1. The molecule has 1 aromatic rings. The highest BCUT2D eigenvalue weighted by Gasteiger charge is 2.30. The van der Waals surface area contributed by atoms with E-state index in [1.54, 1.807) is 24.3 Å². The van der Waals surface area contributed by atoms with Crippen molar-refractivity contribution in [3.05, 3.63) is 35.4 Å². The van der Waals surface area contributed by atoms with Gasteiger partial charge in [0.1, 0.15) is 0 Å². The fourth-order valence-electron chi connectivity index (χ4n) is 3.30. The third-order valence-electron chi connectivity index (χ3n) is 4.33.